The van der Waals surface area contributed by atoms with Gasteiger partial charge in [-0.1, -0.05) is 24.3 Å². The third-order valence-corrected chi connectivity index (χ3v) is 6.55. The van der Waals surface area contributed by atoms with Crippen LogP contribution in [0.3, 0.4) is 0 Å². The van der Waals surface area contributed by atoms with Crippen LogP contribution in [0.15, 0.2) is 36.4 Å². The first-order chi connectivity index (χ1) is 13.5. The van der Waals surface area contributed by atoms with Crippen molar-refractivity contribution >= 4 is 12.4 Å². The zero-order chi connectivity index (χ0) is 21.0. The summed E-state index contributed by atoms with van der Waals surface area (Å²) in [6.07, 6.45) is -2.63. The summed E-state index contributed by atoms with van der Waals surface area (Å²) < 4.78 is 81.0. The zero-order valence-electron chi connectivity index (χ0n) is 16.3. The van der Waals surface area contributed by atoms with Gasteiger partial charge in [0.15, 0.2) is 11.6 Å². The summed E-state index contributed by atoms with van der Waals surface area (Å²) in [4.78, 5) is 0. The molecule has 1 saturated heterocycles. The SMILES string of the molecule is CC(F)(c1ccc2c(c1)CCC1NCCC21Cc1ccc(F)c(F)c1)C(F)(F)F.Cl. The van der Waals surface area contributed by atoms with Gasteiger partial charge in [-0.05, 0) is 73.5 Å². The molecule has 0 radical (unpaired) electrons. The summed E-state index contributed by atoms with van der Waals surface area (Å²) in [6, 6.07) is 7.99. The molecular weight excluding hydrogens is 428 g/mol. The summed E-state index contributed by atoms with van der Waals surface area (Å²) in [5.74, 6) is -1.85. The van der Waals surface area contributed by atoms with Crippen molar-refractivity contribution in [3.8, 4) is 0 Å². The summed E-state index contributed by atoms with van der Waals surface area (Å²) in [5.41, 5.74) is -2.10. The first kappa shape index (κ1) is 22.9. The molecule has 4 rings (SSSR count). The highest BCUT2D eigenvalue weighted by Crippen LogP contribution is 2.48. The van der Waals surface area contributed by atoms with Gasteiger partial charge in [-0.3, -0.25) is 0 Å². The number of alkyl halides is 4. The molecule has 30 heavy (non-hydrogen) atoms. The van der Waals surface area contributed by atoms with Crippen molar-refractivity contribution in [3.63, 3.8) is 0 Å². The summed E-state index contributed by atoms with van der Waals surface area (Å²) in [5, 5.41) is 3.43. The highest BCUT2D eigenvalue weighted by atomic mass is 35.5. The van der Waals surface area contributed by atoms with Crippen molar-refractivity contribution in [2.75, 3.05) is 6.54 Å². The molecule has 1 fully saturated rings. The second kappa shape index (κ2) is 7.75. The Morgan fingerprint density at radius 2 is 1.77 bits per heavy atom. The highest BCUT2D eigenvalue weighted by molar-refractivity contribution is 5.85. The summed E-state index contributed by atoms with van der Waals surface area (Å²) in [6.45, 7) is 1.26. The Labute approximate surface area is 177 Å². The van der Waals surface area contributed by atoms with Crippen molar-refractivity contribution in [2.24, 2.45) is 0 Å². The molecule has 2 aromatic carbocycles. The van der Waals surface area contributed by atoms with Gasteiger partial charge in [0.25, 0.3) is 0 Å². The van der Waals surface area contributed by atoms with Gasteiger partial charge < -0.3 is 5.32 Å². The number of hydrogen-bond donors (Lipinski definition) is 1. The Morgan fingerprint density at radius 1 is 1.03 bits per heavy atom. The van der Waals surface area contributed by atoms with Crippen LogP contribution in [0.2, 0.25) is 0 Å². The largest absolute Gasteiger partial charge is 0.426 e. The molecular formula is C22H22ClF6N. The van der Waals surface area contributed by atoms with Gasteiger partial charge >= 0.3 is 6.18 Å². The smallest absolute Gasteiger partial charge is 0.313 e. The van der Waals surface area contributed by atoms with Gasteiger partial charge in [-0.2, -0.15) is 13.2 Å². The van der Waals surface area contributed by atoms with Gasteiger partial charge in [-0.25, -0.2) is 13.2 Å². The van der Waals surface area contributed by atoms with E-state index >= 15 is 0 Å². The molecule has 0 amide bonds. The molecule has 1 heterocycles. The molecule has 1 aliphatic carbocycles. The van der Waals surface area contributed by atoms with Crippen LogP contribution in [0.1, 0.15) is 42.0 Å². The molecule has 1 nitrogen and oxygen atoms in total. The molecule has 0 aromatic heterocycles. The van der Waals surface area contributed by atoms with E-state index in [1.165, 1.54) is 24.3 Å². The van der Waals surface area contributed by atoms with Crippen molar-refractivity contribution in [2.45, 2.75) is 55.9 Å². The van der Waals surface area contributed by atoms with E-state index in [-0.39, 0.29) is 18.4 Å². The predicted molar refractivity (Wildman–Crippen MR) is 105 cm³/mol. The Balaban J connectivity index is 0.00000256. The van der Waals surface area contributed by atoms with Crippen LogP contribution in [0.5, 0.6) is 0 Å². The first-order valence-corrected chi connectivity index (χ1v) is 9.61. The average molecular weight is 450 g/mol. The Bertz CT molecular complexity index is 942. The number of hydrogen-bond acceptors (Lipinski definition) is 1. The fourth-order valence-corrected chi connectivity index (χ4v) is 4.90. The van der Waals surface area contributed by atoms with Crippen molar-refractivity contribution < 1.29 is 26.3 Å². The number of halogens is 7. The van der Waals surface area contributed by atoms with Crippen molar-refractivity contribution in [1.82, 2.24) is 5.32 Å². The van der Waals surface area contributed by atoms with Crippen molar-refractivity contribution in [1.29, 1.82) is 0 Å². The number of benzene rings is 2. The lowest BCUT2D eigenvalue weighted by Gasteiger charge is -2.42. The maximum Gasteiger partial charge on any atom is 0.426 e. The zero-order valence-corrected chi connectivity index (χ0v) is 17.1. The highest BCUT2D eigenvalue weighted by Gasteiger charge is 2.54. The minimum atomic E-state index is -5.00. The van der Waals surface area contributed by atoms with E-state index in [1.54, 1.807) is 6.07 Å². The van der Waals surface area contributed by atoms with Crippen LogP contribution in [-0.2, 0) is 23.9 Å². The molecule has 164 valence electrons. The van der Waals surface area contributed by atoms with E-state index in [0.29, 0.717) is 37.3 Å². The fourth-order valence-electron chi connectivity index (χ4n) is 4.90. The fraction of sp³-hybridized carbons (Fsp3) is 0.455. The molecule has 3 unspecified atom stereocenters. The monoisotopic (exact) mass is 449 g/mol. The van der Waals surface area contributed by atoms with Crippen LogP contribution in [0, 0.1) is 11.6 Å². The molecule has 2 aliphatic rings. The number of rotatable bonds is 3. The van der Waals surface area contributed by atoms with Gasteiger partial charge in [0, 0.05) is 11.5 Å². The molecule has 0 saturated carbocycles. The van der Waals surface area contributed by atoms with E-state index in [1.807, 2.05) is 0 Å². The van der Waals surface area contributed by atoms with Crippen LogP contribution in [0.25, 0.3) is 0 Å². The number of fused-ring (bicyclic) bond motifs is 3. The lowest BCUT2D eigenvalue weighted by atomic mass is 9.63. The molecule has 2 aromatic rings. The second-order valence-electron chi connectivity index (χ2n) is 8.25. The maximum absolute atomic E-state index is 14.5. The Morgan fingerprint density at radius 3 is 2.43 bits per heavy atom. The van der Waals surface area contributed by atoms with Crippen LogP contribution < -0.4 is 5.32 Å². The molecule has 1 N–H and O–H groups in total. The van der Waals surface area contributed by atoms with E-state index < -0.39 is 34.5 Å². The Kier molecular flexibility index (Phi) is 5.93. The van der Waals surface area contributed by atoms with E-state index in [0.717, 1.165) is 24.6 Å². The third-order valence-electron chi connectivity index (χ3n) is 6.55. The molecule has 1 aliphatic heterocycles. The quantitative estimate of drug-likeness (QED) is 0.573. The topological polar surface area (TPSA) is 12.0 Å². The van der Waals surface area contributed by atoms with Gasteiger partial charge in [0.2, 0.25) is 5.67 Å². The number of nitrogens with one attached hydrogen (secondary N) is 1. The van der Waals surface area contributed by atoms with E-state index in [9.17, 15) is 26.3 Å². The molecule has 3 atom stereocenters. The molecule has 0 bridgehead atoms. The van der Waals surface area contributed by atoms with Gasteiger partial charge in [-0.15, -0.1) is 12.4 Å². The van der Waals surface area contributed by atoms with Crippen molar-refractivity contribution in [3.05, 3.63) is 70.3 Å². The van der Waals surface area contributed by atoms with Crippen LogP contribution >= 0.6 is 12.4 Å². The van der Waals surface area contributed by atoms with Gasteiger partial charge in [0.05, 0.1) is 0 Å². The molecule has 0 spiro atoms. The normalized spacial score (nSPS) is 25.1. The molecule has 8 heteroatoms. The Hall–Kier alpha value is -1.73. The predicted octanol–water partition coefficient (Wildman–Crippen LogP) is 5.92. The second-order valence-corrected chi connectivity index (χ2v) is 8.25. The first-order valence-electron chi connectivity index (χ1n) is 9.61. The standard InChI is InChI=1S/C22H21F6N.ClH/c1-20(25,22(26,27)28)15-4-5-16-14(11-15)3-7-19-21(16,8-9-29-19)12-13-2-6-17(23)18(24)10-13;/h2,4-6,10-11,19,29H,3,7-9,12H2,1H3;1H. The van der Waals surface area contributed by atoms with Crippen LogP contribution in [-0.4, -0.2) is 18.8 Å². The minimum absolute atomic E-state index is 0. The minimum Gasteiger partial charge on any atom is -0.313 e. The average Bonchev–Trinajstić information content (AvgIpc) is 3.07. The van der Waals surface area contributed by atoms with E-state index in [2.05, 4.69) is 5.32 Å². The summed E-state index contributed by atoms with van der Waals surface area (Å²) in [7, 11) is 0. The van der Waals surface area contributed by atoms with Crippen LogP contribution in [0.4, 0.5) is 26.3 Å². The summed E-state index contributed by atoms with van der Waals surface area (Å²) >= 11 is 0. The lowest BCUT2D eigenvalue weighted by molar-refractivity contribution is -0.228. The maximum atomic E-state index is 14.5. The third kappa shape index (κ3) is 3.60. The van der Waals surface area contributed by atoms with Gasteiger partial charge in [0.1, 0.15) is 0 Å². The number of aryl methyl sites for hydroxylation is 1. The lowest BCUT2D eigenvalue weighted by Crippen LogP contribution is -2.46. The van der Waals surface area contributed by atoms with E-state index in [4.69, 9.17) is 0 Å².